The summed E-state index contributed by atoms with van der Waals surface area (Å²) in [6.45, 7) is 2.25. The monoisotopic (exact) mass is 266 g/mol. The van der Waals surface area contributed by atoms with Crippen LogP contribution in [-0.4, -0.2) is 30.2 Å². The molecule has 0 saturated carbocycles. The molecule has 1 aliphatic rings. The molecule has 0 radical (unpaired) electrons. The van der Waals surface area contributed by atoms with Gasteiger partial charge in [0.25, 0.3) is 0 Å². The van der Waals surface area contributed by atoms with Crippen molar-refractivity contribution in [3.63, 3.8) is 0 Å². The van der Waals surface area contributed by atoms with Gasteiger partial charge in [-0.15, -0.1) is 0 Å². The van der Waals surface area contributed by atoms with Crippen LogP contribution in [0.15, 0.2) is 24.3 Å². The Morgan fingerprint density at radius 3 is 2.89 bits per heavy atom. The maximum Gasteiger partial charge on any atom is 0.411 e. The molecule has 2 rings (SSSR count). The minimum atomic E-state index is -0.447. The summed E-state index contributed by atoms with van der Waals surface area (Å²) in [5.74, 6) is 1.13. The Hall–Kier alpha value is -1.36. The lowest BCUT2D eigenvalue weighted by Crippen LogP contribution is -2.19. The topological polar surface area (TPSA) is 50.4 Å². The fourth-order valence-corrected chi connectivity index (χ4v) is 3.16. The number of hydrogen-bond donors (Lipinski definition) is 2. The molecule has 1 aromatic rings. The van der Waals surface area contributed by atoms with E-state index in [2.05, 4.69) is 22.3 Å². The summed E-state index contributed by atoms with van der Waals surface area (Å²) in [4.78, 5) is 11.1. The van der Waals surface area contributed by atoms with Crippen molar-refractivity contribution < 1.29 is 9.53 Å². The highest BCUT2D eigenvalue weighted by Crippen LogP contribution is 2.28. The van der Waals surface area contributed by atoms with Crippen LogP contribution in [0.2, 0.25) is 0 Å². The van der Waals surface area contributed by atoms with E-state index < -0.39 is 6.09 Å². The maximum atomic E-state index is 11.1. The number of rotatable bonds is 3. The minimum absolute atomic E-state index is 0.447. The highest BCUT2D eigenvalue weighted by Gasteiger charge is 2.21. The second kappa shape index (κ2) is 6.00. The molecule has 0 spiro atoms. The van der Waals surface area contributed by atoms with Crippen molar-refractivity contribution in [3.8, 4) is 0 Å². The van der Waals surface area contributed by atoms with Crippen LogP contribution in [0.1, 0.15) is 13.3 Å². The third-order valence-electron chi connectivity index (χ3n) is 2.86. The van der Waals surface area contributed by atoms with Gasteiger partial charge in [0.15, 0.2) is 0 Å². The summed E-state index contributed by atoms with van der Waals surface area (Å²) in [5.41, 5.74) is 1.77. The SMILES string of the molecule is COC(=O)Nc1cccc(NC2CSC(C)C2)c1. The third-order valence-corrected chi connectivity index (χ3v) is 4.22. The Morgan fingerprint density at radius 2 is 2.22 bits per heavy atom. The van der Waals surface area contributed by atoms with Crippen molar-refractivity contribution in [2.75, 3.05) is 23.5 Å². The average molecular weight is 266 g/mol. The molecule has 2 atom stereocenters. The van der Waals surface area contributed by atoms with Crippen molar-refractivity contribution in [2.24, 2.45) is 0 Å². The summed E-state index contributed by atoms with van der Waals surface area (Å²) in [6, 6.07) is 8.20. The van der Waals surface area contributed by atoms with Gasteiger partial charge in [-0.05, 0) is 24.6 Å². The predicted molar refractivity (Wildman–Crippen MR) is 76.4 cm³/mol. The summed E-state index contributed by atoms with van der Waals surface area (Å²) < 4.78 is 4.57. The summed E-state index contributed by atoms with van der Waals surface area (Å²) in [5, 5.41) is 6.87. The molecule has 0 aromatic heterocycles. The van der Waals surface area contributed by atoms with Crippen LogP contribution in [-0.2, 0) is 4.74 Å². The van der Waals surface area contributed by atoms with Gasteiger partial charge in [-0.2, -0.15) is 11.8 Å². The van der Waals surface area contributed by atoms with E-state index >= 15 is 0 Å². The van der Waals surface area contributed by atoms with Gasteiger partial charge in [0.05, 0.1) is 7.11 Å². The molecule has 2 unspecified atom stereocenters. The first-order valence-electron chi connectivity index (χ1n) is 6.00. The Bertz CT molecular complexity index is 425. The number of nitrogens with one attached hydrogen (secondary N) is 2. The molecular weight excluding hydrogens is 248 g/mol. The standard InChI is InChI=1S/C13H18N2O2S/c1-9-6-12(8-18-9)14-10-4-3-5-11(7-10)15-13(16)17-2/h3-5,7,9,12,14H,6,8H2,1-2H3,(H,15,16). The van der Waals surface area contributed by atoms with E-state index in [9.17, 15) is 4.79 Å². The van der Waals surface area contributed by atoms with E-state index in [1.165, 1.54) is 13.5 Å². The Labute approximate surface area is 111 Å². The van der Waals surface area contributed by atoms with Gasteiger partial charge in [-0.3, -0.25) is 5.32 Å². The number of methoxy groups -OCH3 is 1. The fraction of sp³-hybridized carbons (Fsp3) is 0.462. The average Bonchev–Trinajstić information content (AvgIpc) is 2.75. The zero-order chi connectivity index (χ0) is 13.0. The molecule has 0 aliphatic carbocycles. The Kier molecular flexibility index (Phi) is 4.36. The van der Waals surface area contributed by atoms with Crippen LogP contribution in [0.5, 0.6) is 0 Å². The smallest absolute Gasteiger partial charge is 0.411 e. The van der Waals surface area contributed by atoms with E-state index in [1.807, 2.05) is 36.0 Å². The molecule has 1 saturated heterocycles. The van der Waals surface area contributed by atoms with Crippen LogP contribution in [0.25, 0.3) is 0 Å². The number of thioether (sulfide) groups is 1. The van der Waals surface area contributed by atoms with Gasteiger partial charge in [0.2, 0.25) is 0 Å². The second-order valence-electron chi connectivity index (χ2n) is 4.42. The van der Waals surface area contributed by atoms with Gasteiger partial charge in [-0.1, -0.05) is 13.0 Å². The number of hydrogen-bond acceptors (Lipinski definition) is 4. The normalized spacial score (nSPS) is 22.6. The van der Waals surface area contributed by atoms with Gasteiger partial charge >= 0.3 is 6.09 Å². The fourth-order valence-electron chi connectivity index (χ4n) is 2.01. The first-order chi connectivity index (χ1) is 8.67. The number of amides is 1. The maximum absolute atomic E-state index is 11.1. The highest BCUT2D eigenvalue weighted by molar-refractivity contribution is 8.00. The summed E-state index contributed by atoms with van der Waals surface area (Å²) in [7, 11) is 1.36. The van der Waals surface area contributed by atoms with Crippen molar-refractivity contribution in [3.05, 3.63) is 24.3 Å². The van der Waals surface area contributed by atoms with Crippen LogP contribution >= 0.6 is 11.8 Å². The molecule has 98 valence electrons. The molecule has 1 aromatic carbocycles. The Morgan fingerprint density at radius 1 is 1.44 bits per heavy atom. The van der Waals surface area contributed by atoms with E-state index in [4.69, 9.17) is 0 Å². The molecular formula is C13H18N2O2S. The van der Waals surface area contributed by atoms with Crippen molar-refractivity contribution in [1.29, 1.82) is 0 Å². The van der Waals surface area contributed by atoms with Gasteiger partial charge in [0, 0.05) is 28.4 Å². The van der Waals surface area contributed by atoms with Crippen molar-refractivity contribution in [2.45, 2.75) is 24.6 Å². The lowest BCUT2D eigenvalue weighted by Gasteiger charge is -2.14. The van der Waals surface area contributed by atoms with Crippen molar-refractivity contribution >= 4 is 29.2 Å². The first-order valence-corrected chi connectivity index (χ1v) is 7.05. The number of anilines is 2. The largest absolute Gasteiger partial charge is 0.453 e. The molecule has 1 fully saturated rings. The second-order valence-corrected chi connectivity index (χ2v) is 5.89. The zero-order valence-corrected chi connectivity index (χ0v) is 11.4. The van der Waals surface area contributed by atoms with E-state index in [0.717, 1.165) is 22.4 Å². The summed E-state index contributed by atoms with van der Waals surface area (Å²) in [6.07, 6.45) is 0.733. The molecule has 0 bridgehead atoms. The highest BCUT2D eigenvalue weighted by atomic mass is 32.2. The van der Waals surface area contributed by atoms with Crippen LogP contribution in [0, 0.1) is 0 Å². The quantitative estimate of drug-likeness (QED) is 0.882. The molecule has 1 aliphatic heterocycles. The third kappa shape index (κ3) is 3.57. The van der Waals surface area contributed by atoms with Gasteiger partial charge in [-0.25, -0.2) is 4.79 Å². The van der Waals surface area contributed by atoms with E-state index in [1.54, 1.807) is 0 Å². The Balaban J connectivity index is 1.96. The molecule has 1 heterocycles. The molecule has 18 heavy (non-hydrogen) atoms. The first kappa shape index (κ1) is 13.1. The van der Waals surface area contributed by atoms with Crippen LogP contribution in [0.3, 0.4) is 0 Å². The van der Waals surface area contributed by atoms with Gasteiger partial charge in [0.1, 0.15) is 0 Å². The lowest BCUT2D eigenvalue weighted by atomic mass is 10.2. The minimum Gasteiger partial charge on any atom is -0.453 e. The molecule has 4 nitrogen and oxygen atoms in total. The van der Waals surface area contributed by atoms with Crippen LogP contribution < -0.4 is 10.6 Å². The molecule has 5 heteroatoms. The lowest BCUT2D eigenvalue weighted by molar-refractivity contribution is 0.187. The molecule has 1 amide bonds. The van der Waals surface area contributed by atoms with Crippen LogP contribution in [0.4, 0.5) is 16.2 Å². The van der Waals surface area contributed by atoms with E-state index in [0.29, 0.717) is 6.04 Å². The number of carbonyl (C=O) groups is 1. The van der Waals surface area contributed by atoms with E-state index in [-0.39, 0.29) is 0 Å². The zero-order valence-electron chi connectivity index (χ0n) is 10.6. The predicted octanol–water partition coefficient (Wildman–Crippen LogP) is 3.17. The van der Waals surface area contributed by atoms with Crippen molar-refractivity contribution in [1.82, 2.24) is 0 Å². The number of carbonyl (C=O) groups excluding carboxylic acids is 1. The molecule has 2 N–H and O–H groups in total. The summed E-state index contributed by atoms with van der Waals surface area (Å²) >= 11 is 1.99. The number of ether oxygens (including phenoxy) is 1. The van der Waals surface area contributed by atoms with Gasteiger partial charge < -0.3 is 10.1 Å². The number of benzene rings is 1.